The summed E-state index contributed by atoms with van der Waals surface area (Å²) in [5, 5.41) is 8.01. The number of hydrogen-bond donors (Lipinski definition) is 2. The molecular weight excluding hydrogens is 328 g/mol. The number of hydrogen-bond acceptors (Lipinski definition) is 6. The number of nitrogens with zero attached hydrogens (tertiary/aromatic N) is 2. The number of rotatable bonds is 2. The Hall–Kier alpha value is -1.79. The first kappa shape index (κ1) is 15.7. The Morgan fingerprint density at radius 3 is 2.83 bits per heavy atom. The maximum Gasteiger partial charge on any atom is 0.230 e. The van der Waals surface area contributed by atoms with Crippen LogP contribution in [-0.2, 0) is 6.42 Å². The van der Waals surface area contributed by atoms with Crippen molar-refractivity contribution in [3.63, 3.8) is 0 Å². The van der Waals surface area contributed by atoms with E-state index >= 15 is 0 Å². The minimum Gasteiger partial charge on any atom is -0.486 e. The summed E-state index contributed by atoms with van der Waals surface area (Å²) < 4.78 is 11.6. The molecule has 2 aromatic rings. The van der Waals surface area contributed by atoms with Crippen LogP contribution < -0.4 is 15.8 Å². The van der Waals surface area contributed by atoms with Crippen molar-refractivity contribution in [2.24, 2.45) is 0 Å². The van der Waals surface area contributed by atoms with Crippen LogP contribution in [0.2, 0.25) is 5.02 Å². The van der Waals surface area contributed by atoms with Crippen LogP contribution in [0.15, 0.2) is 10.6 Å². The summed E-state index contributed by atoms with van der Waals surface area (Å²) in [6.07, 6.45) is 2.72. The molecule has 6 nitrogen and oxygen atoms in total. The van der Waals surface area contributed by atoms with Crippen molar-refractivity contribution in [2.45, 2.75) is 44.6 Å². The zero-order valence-corrected chi connectivity index (χ0v) is 14.6. The highest BCUT2D eigenvalue weighted by molar-refractivity contribution is 6.33. The maximum absolute atomic E-state index is 6.32. The lowest BCUT2D eigenvalue weighted by Gasteiger charge is -2.18. The smallest absolute Gasteiger partial charge is 0.230 e. The SMILES string of the molecule is CC1(C)Cc2c(N)c(Cl)cc(-c3noc(C4CCNCC4)n3)c2O1. The molecule has 0 atom stereocenters. The van der Waals surface area contributed by atoms with E-state index in [1.807, 2.05) is 13.8 Å². The molecule has 1 fully saturated rings. The van der Waals surface area contributed by atoms with Gasteiger partial charge in [-0.3, -0.25) is 0 Å². The topological polar surface area (TPSA) is 86.2 Å². The van der Waals surface area contributed by atoms with Crippen LogP contribution in [0.1, 0.15) is 44.1 Å². The molecular formula is C17H21ClN4O2. The van der Waals surface area contributed by atoms with Crippen molar-refractivity contribution in [1.82, 2.24) is 15.5 Å². The molecule has 0 aliphatic carbocycles. The molecule has 0 radical (unpaired) electrons. The number of fused-ring (bicyclic) bond motifs is 1. The normalized spacial score (nSPS) is 20.0. The first-order valence-corrected chi connectivity index (χ1v) is 8.67. The minimum absolute atomic E-state index is 0.308. The molecule has 128 valence electrons. The van der Waals surface area contributed by atoms with Gasteiger partial charge in [0.25, 0.3) is 0 Å². The molecule has 0 saturated carbocycles. The predicted molar refractivity (Wildman–Crippen MR) is 92.4 cm³/mol. The van der Waals surface area contributed by atoms with E-state index in [4.69, 9.17) is 26.6 Å². The van der Waals surface area contributed by atoms with Gasteiger partial charge in [-0.2, -0.15) is 4.98 Å². The Morgan fingerprint density at radius 1 is 1.33 bits per heavy atom. The molecule has 3 N–H and O–H groups in total. The summed E-state index contributed by atoms with van der Waals surface area (Å²) in [4.78, 5) is 4.62. The molecule has 1 saturated heterocycles. The fourth-order valence-corrected chi connectivity index (χ4v) is 3.70. The van der Waals surface area contributed by atoms with E-state index in [2.05, 4.69) is 15.5 Å². The largest absolute Gasteiger partial charge is 0.486 e. The van der Waals surface area contributed by atoms with Gasteiger partial charge in [-0.1, -0.05) is 16.8 Å². The number of halogens is 1. The van der Waals surface area contributed by atoms with E-state index in [1.165, 1.54) is 0 Å². The van der Waals surface area contributed by atoms with Crippen molar-refractivity contribution in [2.75, 3.05) is 18.8 Å². The molecule has 4 rings (SSSR count). The van der Waals surface area contributed by atoms with E-state index in [0.717, 1.165) is 42.8 Å². The average molecular weight is 349 g/mol. The number of nitrogens with two attached hydrogens (primary N) is 1. The van der Waals surface area contributed by atoms with E-state index in [0.29, 0.717) is 34.8 Å². The summed E-state index contributed by atoms with van der Waals surface area (Å²) in [6, 6.07) is 1.77. The van der Waals surface area contributed by atoms with Crippen molar-refractivity contribution >= 4 is 17.3 Å². The number of nitrogens with one attached hydrogen (secondary N) is 1. The standard InChI is InChI=1S/C17H21ClN4O2/c1-17(2)8-11-13(19)12(18)7-10(14(11)23-17)15-21-16(24-22-15)9-3-5-20-6-4-9/h7,9,20H,3-6,8,19H2,1-2H3. The van der Waals surface area contributed by atoms with Gasteiger partial charge in [0.2, 0.25) is 11.7 Å². The Labute approximate surface area is 145 Å². The van der Waals surface area contributed by atoms with Crippen LogP contribution in [0.25, 0.3) is 11.4 Å². The summed E-state index contributed by atoms with van der Waals surface area (Å²) in [5.74, 6) is 2.23. The van der Waals surface area contributed by atoms with Crippen LogP contribution in [-0.4, -0.2) is 28.8 Å². The Balaban J connectivity index is 1.74. The first-order valence-electron chi connectivity index (χ1n) is 8.29. The second-order valence-electron chi connectivity index (χ2n) is 7.15. The van der Waals surface area contributed by atoms with Crippen LogP contribution >= 0.6 is 11.6 Å². The molecule has 3 heterocycles. The van der Waals surface area contributed by atoms with Gasteiger partial charge in [0.05, 0.1) is 16.3 Å². The van der Waals surface area contributed by atoms with E-state index < -0.39 is 0 Å². The summed E-state index contributed by atoms with van der Waals surface area (Å²) >= 11 is 6.32. The molecule has 24 heavy (non-hydrogen) atoms. The van der Waals surface area contributed by atoms with E-state index in [9.17, 15) is 0 Å². The van der Waals surface area contributed by atoms with Gasteiger partial charge in [-0.15, -0.1) is 0 Å². The highest BCUT2D eigenvalue weighted by atomic mass is 35.5. The highest BCUT2D eigenvalue weighted by Crippen LogP contribution is 2.47. The number of piperidine rings is 1. The van der Waals surface area contributed by atoms with Gasteiger partial charge in [0, 0.05) is 17.9 Å². The van der Waals surface area contributed by atoms with Gasteiger partial charge in [-0.05, 0) is 45.8 Å². The third kappa shape index (κ3) is 2.63. The highest BCUT2D eigenvalue weighted by Gasteiger charge is 2.36. The number of benzene rings is 1. The number of anilines is 1. The minimum atomic E-state index is -0.322. The summed E-state index contributed by atoms with van der Waals surface area (Å²) in [7, 11) is 0. The van der Waals surface area contributed by atoms with E-state index in [1.54, 1.807) is 6.07 Å². The van der Waals surface area contributed by atoms with Gasteiger partial charge in [0.1, 0.15) is 11.4 Å². The first-order chi connectivity index (χ1) is 11.4. The monoisotopic (exact) mass is 348 g/mol. The van der Waals surface area contributed by atoms with Crippen molar-refractivity contribution in [1.29, 1.82) is 0 Å². The van der Waals surface area contributed by atoms with Gasteiger partial charge >= 0.3 is 0 Å². The second kappa shape index (κ2) is 5.63. The third-order valence-corrected chi connectivity index (χ3v) is 5.04. The third-order valence-electron chi connectivity index (χ3n) is 4.72. The second-order valence-corrected chi connectivity index (χ2v) is 7.55. The number of aromatic nitrogens is 2. The van der Waals surface area contributed by atoms with Crippen LogP contribution in [0.5, 0.6) is 5.75 Å². The lowest BCUT2D eigenvalue weighted by atomic mass is 9.98. The quantitative estimate of drug-likeness (QED) is 0.811. The number of ether oxygens (including phenoxy) is 1. The lowest BCUT2D eigenvalue weighted by Crippen LogP contribution is -2.26. The molecule has 1 aromatic carbocycles. The fraction of sp³-hybridized carbons (Fsp3) is 0.529. The van der Waals surface area contributed by atoms with Crippen LogP contribution in [0, 0.1) is 0 Å². The van der Waals surface area contributed by atoms with Crippen molar-refractivity contribution in [3.05, 3.63) is 22.5 Å². The molecule has 1 aromatic heterocycles. The Morgan fingerprint density at radius 2 is 2.08 bits per heavy atom. The summed E-state index contributed by atoms with van der Waals surface area (Å²) in [6.45, 7) is 6.01. The summed E-state index contributed by atoms with van der Waals surface area (Å²) in [5.41, 5.74) is 8.07. The maximum atomic E-state index is 6.32. The van der Waals surface area contributed by atoms with Gasteiger partial charge < -0.3 is 20.3 Å². The Bertz CT molecular complexity index is 781. The molecule has 7 heteroatoms. The molecule has 0 unspecified atom stereocenters. The molecule has 2 aliphatic heterocycles. The zero-order valence-electron chi connectivity index (χ0n) is 13.9. The van der Waals surface area contributed by atoms with Gasteiger partial charge in [-0.25, -0.2) is 0 Å². The Kier molecular flexibility index (Phi) is 3.69. The molecule has 0 spiro atoms. The zero-order chi connectivity index (χ0) is 16.9. The van der Waals surface area contributed by atoms with Crippen molar-refractivity contribution in [3.8, 4) is 17.1 Å². The predicted octanol–water partition coefficient (Wildman–Crippen LogP) is 3.15. The van der Waals surface area contributed by atoms with Crippen LogP contribution in [0.3, 0.4) is 0 Å². The molecule has 0 bridgehead atoms. The fourth-order valence-electron chi connectivity index (χ4n) is 3.47. The average Bonchev–Trinajstić information content (AvgIpc) is 3.16. The van der Waals surface area contributed by atoms with Crippen molar-refractivity contribution < 1.29 is 9.26 Å². The lowest BCUT2D eigenvalue weighted by molar-refractivity contribution is 0.139. The number of nitrogen functional groups attached to an aromatic ring is 1. The van der Waals surface area contributed by atoms with Gasteiger partial charge in [0.15, 0.2) is 0 Å². The van der Waals surface area contributed by atoms with Crippen LogP contribution in [0.4, 0.5) is 5.69 Å². The van der Waals surface area contributed by atoms with E-state index in [-0.39, 0.29) is 5.60 Å². The molecule has 0 amide bonds. The molecule has 2 aliphatic rings.